The van der Waals surface area contributed by atoms with Crippen molar-refractivity contribution < 1.29 is 8.42 Å². The minimum atomic E-state index is -3.60. The van der Waals surface area contributed by atoms with Crippen LogP contribution in [0.1, 0.15) is 44.0 Å². The fourth-order valence-corrected chi connectivity index (χ4v) is 5.73. The zero-order chi connectivity index (χ0) is 18.9. The summed E-state index contributed by atoms with van der Waals surface area (Å²) in [7, 11) is -1.78. The van der Waals surface area contributed by atoms with E-state index in [1.54, 1.807) is 21.4 Å². The van der Waals surface area contributed by atoms with Gasteiger partial charge in [0.25, 0.3) is 0 Å². The summed E-state index contributed by atoms with van der Waals surface area (Å²) in [5.41, 5.74) is 1.42. The molecule has 2 aromatic heterocycles. The number of aryl methyl sites for hydroxylation is 2. The fourth-order valence-electron chi connectivity index (χ4n) is 3.76. The molecule has 2 aromatic rings. The van der Waals surface area contributed by atoms with Gasteiger partial charge >= 0.3 is 0 Å². The normalized spacial score (nSPS) is 19.9. The van der Waals surface area contributed by atoms with Gasteiger partial charge in [0, 0.05) is 39.1 Å². The number of aromatic nitrogens is 4. The van der Waals surface area contributed by atoms with Gasteiger partial charge in [0.15, 0.2) is 0 Å². The van der Waals surface area contributed by atoms with Gasteiger partial charge in [-0.3, -0.25) is 9.58 Å². The number of hydrogen-bond acceptors (Lipinski definition) is 5. The van der Waals surface area contributed by atoms with Crippen molar-refractivity contribution in [2.24, 2.45) is 7.05 Å². The number of nitrogens with zero attached hydrogens (tertiary/aromatic N) is 5. The Labute approximate surface area is 155 Å². The highest BCUT2D eigenvalue weighted by Gasteiger charge is 2.38. The lowest BCUT2D eigenvalue weighted by Crippen LogP contribution is -2.50. The molecule has 1 aliphatic heterocycles. The fraction of sp³-hybridized carbons (Fsp3) is 0.647. The molecule has 0 spiro atoms. The molecule has 0 bridgehead atoms. The van der Waals surface area contributed by atoms with Gasteiger partial charge in [0.2, 0.25) is 10.0 Å². The van der Waals surface area contributed by atoms with Crippen molar-refractivity contribution in [3.8, 4) is 0 Å². The van der Waals surface area contributed by atoms with Crippen LogP contribution in [-0.2, 0) is 29.9 Å². The van der Waals surface area contributed by atoms with E-state index in [4.69, 9.17) is 0 Å². The topological polar surface area (TPSA) is 87.1 Å². The minimum Gasteiger partial charge on any atom is -0.347 e. The minimum absolute atomic E-state index is 0.0645. The highest BCUT2D eigenvalue weighted by Crippen LogP contribution is 2.30. The first kappa shape index (κ1) is 19.1. The Hall–Kier alpha value is -1.71. The molecule has 0 unspecified atom stereocenters. The van der Waals surface area contributed by atoms with E-state index >= 15 is 0 Å². The Morgan fingerprint density at radius 1 is 1.23 bits per heavy atom. The summed E-state index contributed by atoms with van der Waals surface area (Å²) in [6, 6.07) is -0.0645. The van der Waals surface area contributed by atoms with Crippen LogP contribution in [0.5, 0.6) is 0 Å². The Kier molecular flexibility index (Phi) is 5.50. The largest absolute Gasteiger partial charge is 0.347 e. The highest BCUT2D eigenvalue weighted by atomic mass is 32.2. The molecule has 0 aromatic carbocycles. The van der Waals surface area contributed by atoms with Gasteiger partial charge in [0.05, 0.1) is 17.4 Å². The first-order valence-electron chi connectivity index (χ1n) is 9.22. The van der Waals surface area contributed by atoms with E-state index in [-0.39, 0.29) is 6.04 Å². The van der Waals surface area contributed by atoms with Crippen molar-refractivity contribution >= 4 is 10.0 Å². The summed E-state index contributed by atoms with van der Waals surface area (Å²) < 4.78 is 30.3. The maximum absolute atomic E-state index is 13.5. The maximum atomic E-state index is 13.5. The van der Waals surface area contributed by atoms with Crippen LogP contribution in [0.4, 0.5) is 0 Å². The Morgan fingerprint density at radius 2 is 2.00 bits per heavy atom. The van der Waals surface area contributed by atoms with Gasteiger partial charge in [0.1, 0.15) is 10.7 Å². The van der Waals surface area contributed by atoms with Crippen molar-refractivity contribution in [3.63, 3.8) is 0 Å². The number of nitrogens with one attached hydrogen (secondary N) is 1. The predicted molar refractivity (Wildman–Crippen MR) is 99.3 cm³/mol. The van der Waals surface area contributed by atoms with E-state index in [0.717, 1.165) is 18.1 Å². The molecule has 0 aliphatic carbocycles. The van der Waals surface area contributed by atoms with Crippen LogP contribution in [0.2, 0.25) is 0 Å². The number of rotatable bonds is 6. The average Bonchev–Trinajstić information content (AvgIpc) is 3.28. The molecular formula is C17H28N6O2S. The molecule has 26 heavy (non-hydrogen) atoms. The van der Waals surface area contributed by atoms with Crippen molar-refractivity contribution in [2.75, 3.05) is 26.2 Å². The second-order valence-electron chi connectivity index (χ2n) is 6.54. The molecule has 1 fully saturated rings. The lowest BCUT2D eigenvalue weighted by molar-refractivity contribution is 0.119. The lowest BCUT2D eigenvalue weighted by Gasteiger charge is -2.39. The van der Waals surface area contributed by atoms with Gasteiger partial charge < -0.3 is 4.98 Å². The number of H-pyrrole nitrogens is 1. The summed E-state index contributed by atoms with van der Waals surface area (Å²) in [4.78, 5) is 10.2. The molecule has 1 saturated heterocycles. The van der Waals surface area contributed by atoms with Crippen LogP contribution in [0.3, 0.4) is 0 Å². The SMILES string of the molecule is CCc1nn(C)c(CC)c1S(=O)(=O)N1CCN(CC)[C@@H](c2ncc[nH]2)C1. The van der Waals surface area contributed by atoms with E-state index < -0.39 is 10.0 Å². The molecule has 1 N–H and O–H groups in total. The van der Waals surface area contributed by atoms with Gasteiger partial charge in [-0.05, 0) is 19.4 Å². The Morgan fingerprint density at radius 3 is 2.58 bits per heavy atom. The van der Waals surface area contributed by atoms with Gasteiger partial charge in [-0.15, -0.1) is 0 Å². The molecule has 0 amide bonds. The first-order valence-corrected chi connectivity index (χ1v) is 10.7. The third-order valence-electron chi connectivity index (χ3n) is 5.15. The van der Waals surface area contributed by atoms with Crippen molar-refractivity contribution in [1.29, 1.82) is 0 Å². The molecule has 8 nitrogen and oxygen atoms in total. The zero-order valence-corrected chi connectivity index (χ0v) is 16.8. The monoisotopic (exact) mass is 380 g/mol. The predicted octanol–water partition coefficient (Wildman–Crippen LogP) is 1.34. The maximum Gasteiger partial charge on any atom is 0.246 e. The molecule has 3 heterocycles. The van der Waals surface area contributed by atoms with E-state index in [2.05, 4.69) is 26.9 Å². The van der Waals surface area contributed by atoms with Crippen LogP contribution in [0.15, 0.2) is 17.3 Å². The van der Waals surface area contributed by atoms with Gasteiger partial charge in [-0.1, -0.05) is 20.8 Å². The summed E-state index contributed by atoms with van der Waals surface area (Å²) in [5, 5.41) is 4.44. The highest BCUT2D eigenvalue weighted by molar-refractivity contribution is 7.89. The van der Waals surface area contributed by atoms with Crippen molar-refractivity contribution in [2.45, 2.75) is 44.6 Å². The van der Waals surface area contributed by atoms with Crippen LogP contribution in [0, 0.1) is 0 Å². The number of likely N-dealkylation sites (N-methyl/N-ethyl adjacent to an activating group) is 1. The van der Waals surface area contributed by atoms with Crippen LogP contribution in [0.25, 0.3) is 0 Å². The third kappa shape index (κ3) is 3.19. The summed E-state index contributed by atoms with van der Waals surface area (Å²) in [6.45, 7) is 8.42. The first-order chi connectivity index (χ1) is 12.4. The Bertz CT molecular complexity index is 843. The van der Waals surface area contributed by atoms with Crippen LogP contribution in [-0.4, -0.2) is 63.6 Å². The molecule has 1 atom stereocenters. The van der Waals surface area contributed by atoms with Crippen molar-refractivity contribution in [3.05, 3.63) is 29.6 Å². The number of sulfonamides is 1. The summed E-state index contributed by atoms with van der Waals surface area (Å²) in [6.07, 6.45) is 4.72. The molecule has 3 rings (SSSR count). The van der Waals surface area contributed by atoms with Gasteiger partial charge in [-0.2, -0.15) is 9.40 Å². The molecular weight excluding hydrogens is 352 g/mol. The third-order valence-corrected chi connectivity index (χ3v) is 7.15. The second-order valence-corrected chi connectivity index (χ2v) is 8.41. The second kappa shape index (κ2) is 7.50. The van der Waals surface area contributed by atoms with E-state index in [1.807, 2.05) is 20.9 Å². The zero-order valence-electron chi connectivity index (χ0n) is 15.9. The quantitative estimate of drug-likeness (QED) is 0.817. The number of aromatic amines is 1. The van der Waals surface area contributed by atoms with E-state index in [1.165, 1.54) is 0 Å². The molecule has 0 saturated carbocycles. The Balaban J connectivity index is 1.98. The lowest BCUT2D eigenvalue weighted by atomic mass is 10.2. The van der Waals surface area contributed by atoms with Crippen LogP contribution < -0.4 is 0 Å². The van der Waals surface area contributed by atoms with E-state index in [9.17, 15) is 8.42 Å². The summed E-state index contributed by atoms with van der Waals surface area (Å²) >= 11 is 0. The van der Waals surface area contributed by atoms with Crippen LogP contribution >= 0.6 is 0 Å². The van der Waals surface area contributed by atoms with E-state index in [0.29, 0.717) is 43.1 Å². The average molecular weight is 381 g/mol. The number of hydrogen-bond donors (Lipinski definition) is 1. The summed E-state index contributed by atoms with van der Waals surface area (Å²) in [5.74, 6) is 0.810. The number of imidazole rings is 1. The molecule has 144 valence electrons. The molecule has 9 heteroatoms. The van der Waals surface area contributed by atoms with Crippen molar-refractivity contribution in [1.82, 2.24) is 29.0 Å². The molecule has 0 radical (unpaired) electrons. The standard InChI is InChI=1S/C17H28N6O2S/c1-5-13-16(14(6-2)21(4)20-13)26(24,25)23-11-10-22(7-3)15(12-23)17-18-8-9-19-17/h8-9,15H,5-7,10-12H2,1-4H3,(H,18,19)/t15-/m1/s1. The molecule has 1 aliphatic rings. The smallest absolute Gasteiger partial charge is 0.246 e. The number of piperazine rings is 1. The van der Waals surface area contributed by atoms with Gasteiger partial charge in [-0.25, -0.2) is 13.4 Å².